The number of hydrogen-bond acceptors (Lipinski definition) is 5. The van der Waals surface area contributed by atoms with Crippen molar-refractivity contribution in [1.29, 1.82) is 0 Å². The van der Waals surface area contributed by atoms with Crippen molar-refractivity contribution in [2.45, 2.75) is 25.7 Å². The minimum atomic E-state index is -0.336. The van der Waals surface area contributed by atoms with E-state index in [0.717, 1.165) is 33.9 Å². The largest absolute Gasteiger partial charge is 0.493 e. The van der Waals surface area contributed by atoms with Crippen molar-refractivity contribution in [3.8, 4) is 17.2 Å². The first kappa shape index (κ1) is 22.3. The van der Waals surface area contributed by atoms with Crippen molar-refractivity contribution in [3.05, 3.63) is 108 Å². The summed E-state index contributed by atoms with van der Waals surface area (Å²) in [5.41, 5.74) is 3.85. The molecule has 0 spiro atoms. The Balaban J connectivity index is 1.34. The van der Waals surface area contributed by atoms with Crippen LogP contribution in [0.15, 0.2) is 89.3 Å². The van der Waals surface area contributed by atoms with Gasteiger partial charge in [0.15, 0.2) is 0 Å². The molecule has 0 fully saturated rings. The maximum absolute atomic E-state index is 12.3. The van der Waals surface area contributed by atoms with Gasteiger partial charge in [-0.25, -0.2) is 4.98 Å². The van der Waals surface area contributed by atoms with E-state index < -0.39 is 0 Å². The van der Waals surface area contributed by atoms with Gasteiger partial charge in [-0.05, 0) is 48.7 Å². The topological polar surface area (TPSA) is 61.6 Å². The molecule has 168 valence electrons. The van der Waals surface area contributed by atoms with Crippen LogP contribution in [0.2, 0.25) is 0 Å². The van der Waals surface area contributed by atoms with Gasteiger partial charge in [0.2, 0.25) is 5.89 Å². The Morgan fingerprint density at radius 2 is 1.61 bits per heavy atom. The van der Waals surface area contributed by atoms with Gasteiger partial charge >= 0.3 is 5.97 Å². The van der Waals surface area contributed by atoms with Crippen molar-refractivity contribution in [2.24, 2.45) is 0 Å². The molecule has 0 bridgehead atoms. The molecule has 4 rings (SSSR count). The molecule has 0 saturated heterocycles. The van der Waals surface area contributed by atoms with Crippen molar-refractivity contribution < 1.29 is 18.7 Å². The van der Waals surface area contributed by atoms with E-state index in [1.54, 1.807) is 0 Å². The van der Waals surface area contributed by atoms with E-state index in [1.807, 2.05) is 91.9 Å². The van der Waals surface area contributed by atoms with E-state index in [4.69, 9.17) is 13.9 Å². The van der Waals surface area contributed by atoms with Crippen LogP contribution >= 0.6 is 0 Å². The van der Waals surface area contributed by atoms with Crippen LogP contribution in [0, 0.1) is 6.92 Å². The number of oxazole rings is 1. The van der Waals surface area contributed by atoms with Gasteiger partial charge in [-0.2, -0.15) is 0 Å². The predicted molar refractivity (Wildman–Crippen MR) is 127 cm³/mol. The number of esters is 1. The fourth-order valence-corrected chi connectivity index (χ4v) is 3.75. The Kier molecular flexibility index (Phi) is 7.20. The van der Waals surface area contributed by atoms with E-state index in [2.05, 4.69) is 4.98 Å². The number of carbonyl (C=O) groups is 1. The molecule has 1 heterocycles. The van der Waals surface area contributed by atoms with Gasteiger partial charge < -0.3 is 13.9 Å². The number of methoxy groups -OCH3 is 1. The molecule has 0 amide bonds. The third kappa shape index (κ3) is 5.69. The summed E-state index contributed by atoms with van der Waals surface area (Å²) in [6.45, 7) is 2.42. The lowest BCUT2D eigenvalue weighted by Gasteiger charge is -2.15. The van der Waals surface area contributed by atoms with Crippen LogP contribution in [0.1, 0.15) is 28.5 Å². The molecule has 5 heteroatoms. The average molecular weight is 442 g/mol. The Morgan fingerprint density at radius 3 is 2.27 bits per heavy atom. The molecular weight excluding hydrogens is 414 g/mol. The molecule has 3 aromatic carbocycles. The van der Waals surface area contributed by atoms with Crippen LogP contribution in [0.4, 0.5) is 0 Å². The van der Waals surface area contributed by atoms with Gasteiger partial charge in [-0.1, -0.05) is 60.7 Å². The van der Waals surface area contributed by atoms with Crippen molar-refractivity contribution in [3.63, 3.8) is 0 Å². The van der Waals surface area contributed by atoms with Gasteiger partial charge in [0.25, 0.3) is 0 Å². The second-order valence-corrected chi connectivity index (χ2v) is 7.82. The van der Waals surface area contributed by atoms with Crippen LogP contribution < -0.4 is 4.74 Å². The summed E-state index contributed by atoms with van der Waals surface area (Å²) in [6.07, 6.45) is 1.22. The Bertz CT molecular complexity index is 1170. The number of benzene rings is 3. The second-order valence-electron chi connectivity index (χ2n) is 7.82. The van der Waals surface area contributed by atoms with E-state index in [1.165, 1.54) is 7.11 Å². The van der Waals surface area contributed by atoms with Gasteiger partial charge in [0.05, 0.1) is 25.3 Å². The maximum Gasteiger partial charge on any atom is 0.313 e. The third-order valence-corrected chi connectivity index (χ3v) is 5.57. The van der Waals surface area contributed by atoms with Crippen LogP contribution in [0.25, 0.3) is 11.5 Å². The molecule has 33 heavy (non-hydrogen) atoms. The normalized spacial score (nSPS) is 11.7. The molecular formula is C28H27NO4. The summed E-state index contributed by atoms with van der Waals surface area (Å²) >= 11 is 0. The van der Waals surface area contributed by atoms with Crippen LogP contribution in [-0.2, 0) is 22.4 Å². The van der Waals surface area contributed by atoms with Crippen LogP contribution in [-0.4, -0.2) is 24.7 Å². The fourth-order valence-electron chi connectivity index (χ4n) is 3.75. The molecule has 0 saturated carbocycles. The van der Waals surface area contributed by atoms with Crippen LogP contribution in [0.5, 0.6) is 5.75 Å². The van der Waals surface area contributed by atoms with E-state index in [-0.39, 0.29) is 11.9 Å². The van der Waals surface area contributed by atoms with Gasteiger partial charge in [-0.3, -0.25) is 4.79 Å². The van der Waals surface area contributed by atoms with Gasteiger partial charge in [-0.15, -0.1) is 0 Å². The highest BCUT2D eigenvalue weighted by Crippen LogP contribution is 2.25. The van der Waals surface area contributed by atoms with E-state index >= 15 is 0 Å². The Morgan fingerprint density at radius 1 is 0.939 bits per heavy atom. The minimum absolute atomic E-state index is 0.237. The van der Waals surface area contributed by atoms with E-state index in [9.17, 15) is 4.79 Å². The maximum atomic E-state index is 12.3. The SMILES string of the molecule is COC(=O)[C@H](Cc1ccc(OCCc2nc(-c3ccccc3)oc2C)cc1)c1ccccc1. The molecule has 0 unspecified atom stereocenters. The molecule has 1 atom stereocenters. The molecule has 0 aliphatic rings. The van der Waals surface area contributed by atoms with Crippen molar-refractivity contribution >= 4 is 5.97 Å². The number of rotatable bonds is 9. The standard InChI is InChI=1S/C28H27NO4/c1-20-26(29-27(33-20)23-11-7-4-8-12-23)17-18-32-24-15-13-21(14-16-24)19-25(28(30)31-2)22-9-5-3-6-10-22/h3-16,25H,17-19H2,1-2H3/t25-/m1/s1. The lowest BCUT2D eigenvalue weighted by atomic mass is 9.92. The molecule has 5 nitrogen and oxygen atoms in total. The highest BCUT2D eigenvalue weighted by molar-refractivity contribution is 5.78. The first-order valence-electron chi connectivity index (χ1n) is 11.0. The zero-order chi connectivity index (χ0) is 23.0. The zero-order valence-electron chi connectivity index (χ0n) is 18.9. The quantitative estimate of drug-likeness (QED) is 0.309. The molecule has 0 aliphatic heterocycles. The monoisotopic (exact) mass is 441 g/mol. The highest BCUT2D eigenvalue weighted by Gasteiger charge is 2.21. The summed E-state index contributed by atoms with van der Waals surface area (Å²) in [4.78, 5) is 16.9. The Labute approximate surface area is 194 Å². The first-order chi connectivity index (χ1) is 16.1. The van der Waals surface area contributed by atoms with Crippen molar-refractivity contribution in [2.75, 3.05) is 13.7 Å². The summed E-state index contributed by atoms with van der Waals surface area (Å²) in [6, 6.07) is 27.4. The van der Waals surface area contributed by atoms with Gasteiger partial charge in [0.1, 0.15) is 11.5 Å². The fraction of sp³-hybridized carbons (Fsp3) is 0.214. The van der Waals surface area contributed by atoms with Crippen molar-refractivity contribution in [1.82, 2.24) is 4.98 Å². The summed E-state index contributed by atoms with van der Waals surface area (Å²) in [5, 5.41) is 0. The molecule has 4 aromatic rings. The van der Waals surface area contributed by atoms with E-state index in [0.29, 0.717) is 25.3 Å². The summed E-state index contributed by atoms with van der Waals surface area (Å²) < 4.78 is 16.8. The number of aromatic nitrogens is 1. The minimum Gasteiger partial charge on any atom is -0.493 e. The molecule has 1 aromatic heterocycles. The third-order valence-electron chi connectivity index (χ3n) is 5.57. The smallest absolute Gasteiger partial charge is 0.313 e. The Hall–Kier alpha value is -3.86. The lowest BCUT2D eigenvalue weighted by Crippen LogP contribution is -2.16. The number of hydrogen-bond donors (Lipinski definition) is 0. The average Bonchev–Trinajstić information content (AvgIpc) is 3.24. The summed E-state index contributed by atoms with van der Waals surface area (Å²) in [5.74, 6) is 1.64. The number of carbonyl (C=O) groups excluding carboxylic acids is 1. The molecule has 0 radical (unpaired) electrons. The summed E-state index contributed by atoms with van der Waals surface area (Å²) in [7, 11) is 1.43. The number of nitrogens with zero attached hydrogens (tertiary/aromatic N) is 1. The number of ether oxygens (including phenoxy) is 2. The zero-order valence-corrected chi connectivity index (χ0v) is 18.9. The first-order valence-corrected chi connectivity index (χ1v) is 11.0. The molecule has 0 N–H and O–H groups in total. The highest BCUT2D eigenvalue weighted by atomic mass is 16.5. The number of aryl methyl sites for hydroxylation is 1. The lowest BCUT2D eigenvalue weighted by molar-refractivity contribution is -0.142. The predicted octanol–water partition coefficient (Wildman–Crippen LogP) is 5.77. The van der Waals surface area contributed by atoms with Crippen LogP contribution in [0.3, 0.4) is 0 Å². The second kappa shape index (κ2) is 10.6. The van der Waals surface area contributed by atoms with Gasteiger partial charge in [0, 0.05) is 12.0 Å². The molecule has 0 aliphatic carbocycles.